The molecule has 1 fully saturated rings. The molecular weight excluding hydrogens is 315 g/mol. The van der Waals surface area contributed by atoms with Crippen LogP contribution in [-0.2, 0) is 10.0 Å². The van der Waals surface area contributed by atoms with Crippen LogP contribution < -0.4 is 5.73 Å². The molecule has 21 heavy (non-hydrogen) atoms. The molecule has 4 nitrogen and oxygen atoms in total. The summed E-state index contributed by atoms with van der Waals surface area (Å²) in [6, 6.07) is 2.32. The average molecular weight is 335 g/mol. The fraction of sp³-hybridized carbons (Fsp3) is 0.571. The predicted molar refractivity (Wildman–Crippen MR) is 82.2 cm³/mol. The van der Waals surface area contributed by atoms with E-state index in [2.05, 4.69) is 0 Å². The van der Waals surface area contributed by atoms with Gasteiger partial charge in [0.05, 0.1) is 5.02 Å². The molecular formula is C14H20ClFN2O2S. The Labute approximate surface area is 130 Å². The average Bonchev–Trinajstić information content (AvgIpc) is 2.43. The summed E-state index contributed by atoms with van der Waals surface area (Å²) in [5, 5.41) is -0.278. The molecule has 0 bridgehead atoms. The minimum absolute atomic E-state index is 0.131. The Balaban J connectivity index is 2.24. The zero-order valence-electron chi connectivity index (χ0n) is 12.0. The number of nitrogens with two attached hydrogens (primary N) is 1. The van der Waals surface area contributed by atoms with Crippen LogP contribution in [0.3, 0.4) is 0 Å². The second kappa shape index (κ2) is 6.50. The van der Waals surface area contributed by atoms with Crippen molar-refractivity contribution < 1.29 is 12.8 Å². The van der Waals surface area contributed by atoms with Crippen molar-refractivity contribution in [2.45, 2.75) is 37.0 Å². The maximum absolute atomic E-state index is 14.0. The number of benzene rings is 1. The molecule has 7 heteroatoms. The van der Waals surface area contributed by atoms with Crippen molar-refractivity contribution in [3.05, 3.63) is 23.0 Å². The Morgan fingerprint density at radius 1 is 1.33 bits per heavy atom. The van der Waals surface area contributed by atoms with Crippen LogP contribution in [0.25, 0.3) is 0 Å². The van der Waals surface area contributed by atoms with Crippen molar-refractivity contribution >= 4 is 27.3 Å². The summed E-state index contributed by atoms with van der Waals surface area (Å²) in [6.07, 6.45) is 5.47. The van der Waals surface area contributed by atoms with Crippen LogP contribution in [0, 0.1) is 11.7 Å². The molecule has 0 heterocycles. The van der Waals surface area contributed by atoms with E-state index in [-0.39, 0.29) is 10.7 Å². The first-order valence-corrected chi connectivity index (χ1v) is 8.85. The smallest absolute Gasteiger partial charge is 0.245 e. The van der Waals surface area contributed by atoms with Crippen molar-refractivity contribution in [3.8, 4) is 0 Å². The van der Waals surface area contributed by atoms with E-state index in [0.717, 1.165) is 31.7 Å². The molecule has 118 valence electrons. The minimum atomic E-state index is -3.92. The monoisotopic (exact) mass is 334 g/mol. The Morgan fingerprint density at radius 2 is 1.95 bits per heavy atom. The van der Waals surface area contributed by atoms with Gasteiger partial charge in [0, 0.05) is 19.3 Å². The number of sulfonamides is 1. The van der Waals surface area contributed by atoms with Gasteiger partial charge in [-0.3, -0.25) is 0 Å². The second-order valence-corrected chi connectivity index (χ2v) is 8.02. The van der Waals surface area contributed by atoms with Gasteiger partial charge >= 0.3 is 0 Å². The summed E-state index contributed by atoms with van der Waals surface area (Å²) in [6.45, 7) is 0.397. The lowest BCUT2D eigenvalue weighted by Gasteiger charge is -2.26. The lowest BCUT2D eigenvalue weighted by Crippen LogP contribution is -2.33. The summed E-state index contributed by atoms with van der Waals surface area (Å²) >= 11 is 5.68. The Morgan fingerprint density at radius 3 is 2.57 bits per heavy atom. The Kier molecular flexibility index (Phi) is 5.11. The van der Waals surface area contributed by atoms with Crippen LogP contribution in [0.15, 0.2) is 17.0 Å². The van der Waals surface area contributed by atoms with Gasteiger partial charge in [0.15, 0.2) is 5.82 Å². The molecule has 2 N–H and O–H groups in total. The third-order valence-electron chi connectivity index (χ3n) is 3.95. The maximum Gasteiger partial charge on any atom is 0.245 e. The van der Waals surface area contributed by atoms with Gasteiger partial charge in [0.25, 0.3) is 0 Å². The molecule has 1 aliphatic carbocycles. The van der Waals surface area contributed by atoms with E-state index in [4.69, 9.17) is 17.3 Å². The van der Waals surface area contributed by atoms with Crippen molar-refractivity contribution in [3.63, 3.8) is 0 Å². The number of hydrogen-bond acceptors (Lipinski definition) is 3. The van der Waals surface area contributed by atoms with E-state index in [1.807, 2.05) is 0 Å². The highest BCUT2D eigenvalue weighted by molar-refractivity contribution is 7.89. The molecule has 1 aromatic carbocycles. The zero-order chi connectivity index (χ0) is 15.6. The molecule has 0 aliphatic heterocycles. The highest BCUT2D eigenvalue weighted by Gasteiger charge is 2.28. The number of rotatable bonds is 4. The molecule has 0 radical (unpaired) electrons. The maximum atomic E-state index is 14.0. The van der Waals surface area contributed by atoms with Crippen LogP contribution in [0.2, 0.25) is 5.02 Å². The number of anilines is 1. The summed E-state index contributed by atoms with van der Waals surface area (Å²) in [7, 11) is -2.45. The largest absolute Gasteiger partial charge is 0.399 e. The van der Waals surface area contributed by atoms with Crippen LogP contribution in [0.5, 0.6) is 0 Å². The first kappa shape index (κ1) is 16.5. The third-order valence-corrected chi connectivity index (χ3v) is 6.04. The molecule has 1 saturated carbocycles. The van der Waals surface area contributed by atoms with Crippen molar-refractivity contribution in [1.82, 2.24) is 4.31 Å². The standard InChI is InChI=1S/C14H20ClFN2O2S/c1-18(9-10-5-3-2-4-6-10)21(19,20)13-8-11(17)7-12(15)14(13)16/h7-8,10H,2-6,9,17H2,1H3. The predicted octanol–water partition coefficient (Wildman–Crippen LogP) is 3.26. The second-order valence-electron chi connectivity index (χ2n) is 5.60. The van der Waals surface area contributed by atoms with Gasteiger partial charge in [0.2, 0.25) is 10.0 Å². The SMILES string of the molecule is CN(CC1CCCCC1)S(=O)(=O)c1cc(N)cc(Cl)c1F. The van der Waals surface area contributed by atoms with Gasteiger partial charge in [-0.25, -0.2) is 17.1 Å². The van der Waals surface area contributed by atoms with E-state index in [9.17, 15) is 12.8 Å². The minimum Gasteiger partial charge on any atom is -0.399 e. The lowest BCUT2D eigenvalue weighted by atomic mass is 9.89. The molecule has 0 atom stereocenters. The van der Waals surface area contributed by atoms with Crippen LogP contribution in [-0.4, -0.2) is 26.3 Å². The summed E-state index contributed by atoms with van der Waals surface area (Å²) in [5.41, 5.74) is 5.71. The summed E-state index contributed by atoms with van der Waals surface area (Å²) < 4.78 is 40.2. The molecule has 0 unspecified atom stereocenters. The summed E-state index contributed by atoms with van der Waals surface area (Å²) in [5.74, 6) is -0.612. The number of halogens is 2. The molecule has 0 amide bonds. The molecule has 0 spiro atoms. The molecule has 2 rings (SSSR count). The van der Waals surface area contributed by atoms with E-state index in [1.165, 1.54) is 23.8 Å². The van der Waals surface area contributed by atoms with Crippen LogP contribution >= 0.6 is 11.6 Å². The van der Waals surface area contributed by atoms with Crippen molar-refractivity contribution in [2.24, 2.45) is 5.92 Å². The van der Waals surface area contributed by atoms with E-state index < -0.39 is 20.7 Å². The fourth-order valence-corrected chi connectivity index (χ4v) is 4.42. The van der Waals surface area contributed by atoms with Crippen LogP contribution in [0.1, 0.15) is 32.1 Å². The number of nitrogens with zero attached hydrogens (tertiary/aromatic N) is 1. The molecule has 0 aromatic heterocycles. The first-order chi connectivity index (χ1) is 9.82. The van der Waals surface area contributed by atoms with Crippen molar-refractivity contribution in [2.75, 3.05) is 19.3 Å². The quantitative estimate of drug-likeness (QED) is 0.859. The molecule has 0 saturated heterocycles. The first-order valence-electron chi connectivity index (χ1n) is 7.03. The fourth-order valence-electron chi connectivity index (χ4n) is 2.77. The van der Waals surface area contributed by atoms with E-state index in [0.29, 0.717) is 12.5 Å². The van der Waals surface area contributed by atoms with Crippen LogP contribution in [0.4, 0.5) is 10.1 Å². The van der Waals surface area contributed by atoms with Gasteiger partial charge in [-0.1, -0.05) is 30.9 Å². The van der Waals surface area contributed by atoms with E-state index in [1.54, 1.807) is 0 Å². The summed E-state index contributed by atoms with van der Waals surface area (Å²) in [4.78, 5) is -0.453. The van der Waals surface area contributed by atoms with Gasteiger partial charge < -0.3 is 5.73 Å². The number of nitrogen functional groups attached to an aromatic ring is 1. The topological polar surface area (TPSA) is 63.4 Å². The highest BCUT2D eigenvalue weighted by atomic mass is 35.5. The lowest BCUT2D eigenvalue weighted by molar-refractivity contribution is 0.299. The highest BCUT2D eigenvalue weighted by Crippen LogP contribution is 2.30. The van der Waals surface area contributed by atoms with Crippen molar-refractivity contribution in [1.29, 1.82) is 0 Å². The van der Waals surface area contributed by atoms with E-state index >= 15 is 0 Å². The zero-order valence-corrected chi connectivity index (χ0v) is 13.6. The normalized spacial score (nSPS) is 17.3. The van der Waals surface area contributed by atoms with Gasteiger partial charge in [-0.15, -0.1) is 0 Å². The molecule has 1 aromatic rings. The Hall–Kier alpha value is -0.850. The Bertz CT molecular complexity index is 616. The van der Waals surface area contributed by atoms with Gasteiger partial charge in [-0.05, 0) is 30.9 Å². The third kappa shape index (κ3) is 3.67. The number of hydrogen-bond donors (Lipinski definition) is 1. The molecule has 1 aliphatic rings. The van der Waals surface area contributed by atoms with Gasteiger partial charge in [0.1, 0.15) is 4.90 Å². The van der Waals surface area contributed by atoms with Gasteiger partial charge in [-0.2, -0.15) is 0 Å².